The number of benzene rings is 3. The van der Waals surface area contributed by atoms with E-state index in [0.717, 1.165) is 10.6 Å². The number of ketones is 2. The van der Waals surface area contributed by atoms with Crippen LogP contribution in [0.25, 0.3) is 0 Å². The molecular formula is C23H16ClNO2S. The first-order valence-electron chi connectivity index (χ1n) is 8.71. The third kappa shape index (κ3) is 3.37. The van der Waals surface area contributed by atoms with E-state index in [1.807, 2.05) is 42.3 Å². The fourth-order valence-electron chi connectivity index (χ4n) is 3.10. The number of carbonyl (C=O) groups is 2. The minimum absolute atomic E-state index is 0.164. The zero-order chi connectivity index (χ0) is 19.7. The lowest BCUT2D eigenvalue weighted by Gasteiger charge is -2.17. The van der Waals surface area contributed by atoms with Gasteiger partial charge in [0.25, 0.3) is 0 Å². The van der Waals surface area contributed by atoms with Crippen LogP contribution < -0.4 is 4.90 Å². The van der Waals surface area contributed by atoms with E-state index in [1.54, 1.807) is 48.5 Å². The molecule has 1 heterocycles. The van der Waals surface area contributed by atoms with Crippen molar-refractivity contribution in [2.24, 2.45) is 0 Å². The summed E-state index contributed by atoms with van der Waals surface area (Å²) in [4.78, 5) is 29.6. The van der Waals surface area contributed by atoms with E-state index in [9.17, 15) is 9.59 Å². The van der Waals surface area contributed by atoms with Gasteiger partial charge >= 0.3 is 0 Å². The SMILES string of the molecule is CN1C(=C(C(=O)c2ccccc2)C(=O)c2ccccc2)Sc2ccc(Cl)cc21. The molecule has 138 valence electrons. The van der Waals surface area contributed by atoms with E-state index in [-0.39, 0.29) is 17.1 Å². The van der Waals surface area contributed by atoms with Gasteiger partial charge in [-0.25, -0.2) is 0 Å². The molecule has 0 fully saturated rings. The smallest absolute Gasteiger partial charge is 0.199 e. The molecule has 0 saturated carbocycles. The van der Waals surface area contributed by atoms with Crippen LogP contribution in [0.1, 0.15) is 20.7 Å². The average molecular weight is 406 g/mol. The summed E-state index contributed by atoms with van der Waals surface area (Å²) in [5.41, 5.74) is 2.01. The number of hydrogen-bond donors (Lipinski definition) is 0. The summed E-state index contributed by atoms with van der Waals surface area (Å²) in [6.45, 7) is 0. The third-order valence-electron chi connectivity index (χ3n) is 4.53. The summed E-state index contributed by atoms with van der Waals surface area (Å²) >= 11 is 7.56. The van der Waals surface area contributed by atoms with Crippen molar-refractivity contribution in [3.8, 4) is 0 Å². The highest BCUT2D eigenvalue weighted by atomic mass is 35.5. The summed E-state index contributed by atoms with van der Waals surface area (Å²) in [6.07, 6.45) is 0. The van der Waals surface area contributed by atoms with E-state index >= 15 is 0 Å². The van der Waals surface area contributed by atoms with Crippen LogP contribution in [0, 0.1) is 0 Å². The van der Waals surface area contributed by atoms with Crippen molar-refractivity contribution in [3.05, 3.63) is 106 Å². The molecule has 0 N–H and O–H groups in total. The number of nitrogens with zero attached hydrogens (tertiary/aromatic N) is 1. The minimum atomic E-state index is -0.289. The van der Waals surface area contributed by atoms with Crippen LogP contribution >= 0.6 is 23.4 Å². The lowest BCUT2D eigenvalue weighted by Crippen LogP contribution is -2.21. The lowest BCUT2D eigenvalue weighted by molar-refractivity contribution is 0.0961. The second kappa shape index (κ2) is 7.66. The number of hydrogen-bond acceptors (Lipinski definition) is 4. The Morgan fingerprint density at radius 1 is 0.821 bits per heavy atom. The van der Waals surface area contributed by atoms with Crippen molar-refractivity contribution in [1.29, 1.82) is 0 Å². The predicted molar refractivity (Wildman–Crippen MR) is 114 cm³/mol. The number of rotatable bonds is 4. The second-order valence-electron chi connectivity index (χ2n) is 6.34. The van der Waals surface area contributed by atoms with E-state index in [4.69, 9.17) is 11.6 Å². The van der Waals surface area contributed by atoms with Gasteiger partial charge in [-0.3, -0.25) is 9.59 Å². The molecule has 3 nitrogen and oxygen atoms in total. The van der Waals surface area contributed by atoms with Crippen LogP contribution in [0.5, 0.6) is 0 Å². The van der Waals surface area contributed by atoms with E-state index in [1.165, 1.54) is 11.8 Å². The first-order chi connectivity index (χ1) is 13.6. The Bertz CT molecular complexity index is 1040. The minimum Gasteiger partial charge on any atom is -0.337 e. The molecule has 1 aliphatic rings. The van der Waals surface area contributed by atoms with Gasteiger partial charge in [-0.15, -0.1) is 0 Å². The van der Waals surface area contributed by atoms with Crippen molar-refractivity contribution in [1.82, 2.24) is 0 Å². The molecule has 0 bridgehead atoms. The van der Waals surface area contributed by atoms with Crippen LogP contribution in [0.15, 0.2) is 94.4 Å². The molecular weight excluding hydrogens is 390 g/mol. The van der Waals surface area contributed by atoms with Gasteiger partial charge in [-0.05, 0) is 18.2 Å². The molecule has 0 aromatic heterocycles. The standard InChI is InChI=1S/C23H16ClNO2S/c1-25-18-14-17(24)12-13-19(18)28-23(25)20(21(26)15-8-4-2-5-9-15)22(27)16-10-6-3-7-11-16/h2-14H,1H3. The largest absolute Gasteiger partial charge is 0.337 e. The first-order valence-corrected chi connectivity index (χ1v) is 9.90. The Labute approximate surface area is 172 Å². The molecule has 1 aliphatic heterocycles. The van der Waals surface area contributed by atoms with Gasteiger partial charge < -0.3 is 4.90 Å². The highest BCUT2D eigenvalue weighted by Crippen LogP contribution is 2.47. The highest BCUT2D eigenvalue weighted by Gasteiger charge is 2.32. The van der Waals surface area contributed by atoms with Crippen molar-refractivity contribution >= 4 is 40.6 Å². The molecule has 0 radical (unpaired) electrons. The number of anilines is 1. The molecule has 3 aromatic carbocycles. The van der Waals surface area contributed by atoms with Crippen LogP contribution in [0.3, 0.4) is 0 Å². The Morgan fingerprint density at radius 3 is 1.89 bits per heavy atom. The maximum absolute atomic E-state index is 13.4. The third-order valence-corrected chi connectivity index (χ3v) is 6.01. The van der Waals surface area contributed by atoms with Crippen LogP contribution in [0.4, 0.5) is 5.69 Å². The fourth-order valence-corrected chi connectivity index (χ4v) is 4.44. The van der Waals surface area contributed by atoms with Crippen molar-refractivity contribution in [3.63, 3.8) is 0 Å². The van der Waals surface area contributed by atoms with E-state index in [0.29, 0.717) is 21.2 Å². The summed E-state index contributed by atoms with van der Waals surface area (Å²) in [5, 5.41) is 1.22. The molecule has 3 aromatic rings. The monoisotopic (exact) mass is 405 g/mol. The molecule has 5 heteroatoms. The zero-order valence-corrected chi connectivity index (χ0v) is 16.6. The summed E-state index contributed by atoms with van der Waals surface area (Å²) in [5.74, 6) is -0.578. The summed E-state index contributed by atoms with van der Waals surface area (Å²) < 4.78 is 0. The Morgan fingerprint density at radius 2 is 1.36 bits per heavy atom. The topological polar surface area (TPSA) is 37.4 Å². The number of fused-ring (bicyclic) bond motifs is 1. The molecule has 28 heavy (non-hydrogen) atoms. The Balaban J connectivity index is 1.88. The number of thioether (sulfide) groups is 1. The predicted octanol–water partition coefficient (Wildman–Crippen LogP) is 5.86. The quantitative estimate of drug-likeness (QED) is 0.236. The second-order valence-corrected chi connectivity index (χ2v) is 7.81. The summed E-state index contributed by atoms with van der Waals surface area (Å²) in [7, 11) is 1.85. The molecule has 0 unspecified atom stereocenters. The van der Waals surface area contributed by atoms with Crippen LogP contribution in [-0.4, -0.2) is 18.6 Å². The molecule has 0 aliphatic carbocycles. The highest BCUT2D eigenvalue weighted by molar-refractivity contribution is 8.03. The number of carbonyl (C=O) groups excluding carboxylic acids is 2. The van der Waals surface area contributed by atoms with Gasteiger partial charge in [0.15, 0.2) is 11.6 Å². The Hall–Kier alpha value is -2.82. The zero-order valence-electron chi connectivity index (χ0n) is 15.1. The number of Topliss-reactive ketones (excluding diaryl/α,β-unsaturated/α-hetero) is 2. The van der Waals surface area contributed by atoms with Gasteiger partial charge in [-0.2, -0.15) is 0 Å². The maximum Gasteiger partial charge on any atom is 0.199 e. The van der Waals surface area contributed by atoms with Gasteiger partial charge in [0.2, 0.25) is 0 Å². The Kier molecular flexibility index (Phi) is 5.07. The fraction of sp³-hybridized carbons (Fsp3) is 0.0435. The first kappa shape index (κ1) is 18.5. The average Bonchev–Trinajstić information content (AvgIpc) is 3.05. The molecule has 4 rings (SSSR count). The van der Waals surface area contributed by atoms with E-state index in [2.05, 4.69) is 0 Å². The van der Waals surface area contributed by atoms with Crippen LogP contribution in [-0.2, 0) is 0 Å². The van der Waals surface area contributed by atoms with Gasteiger partial charge in [0.1, 0.15) is 5.57 Å². The lowest BCUT2D eigenvalue weighted by atomic mass is 9.96. The maximum atomic E-state index is 13.4. The number of allylic oxidation sites excluding steroid dienone is 1. The molecule has 0 saturated heterocycles. The van der Waals surface area contributed by atoms with Crippen molar-refractivity contribution in [2.75, 3.05) is 11.9 Å². The normalized spacial score (nSPS) is 12.6. The molecule has 0 atom stereocenters. The summed E-state index contributed by atoms with van der Waals surface area (Å²) in [6, 6.07) is 23.3. The van der Waals surface area contributed by atoms with Gasteiger partial charge in [-0.1, -0.05) is 84.0 Å². The van der Waals surface area contributed by atoms with Gasteiger partial charge in [0.05, 0.1) is 10.7 Å². The van der Waals surface area contributed by atoms with Crippen molar-refractivity contribution in [2.45, 2.75) is 4.90 Å². The number of halogens is 1. The molecule has 0 spiro atoms. The van der Waals surface area contributed by atoms with Crippen LogP contribution in [0.2, 0.25) is 5.02 Å². The van der Waals surface area contributed by atoms with Gasteiger partial charge in [0, 0.05) is 28.1 Å². The van der Waals surface area contributed by atoms with E-state index < -0.39 is 0 Å². The van der Waals surface area contributed by atoms with Crippen molar-refractivity contribution < 1.29 is 9.59 Å². The molecule has 0 amide bonds.